The Balaban J connectivity index is 2.15. The fourth-order valence-electron chi connectivity index (χ4n) is 2.58. The first-order valence-corrected chi connectivity index (χ1v) is 6.54. The van der Waals surface area contributed by atoms with Crippen molar-refractivity contribution in [3.05, 3.63) is 6.07 Å². The number of nitrogens with two attached hydrogens (primary N) is 1. The molecule has 1 aromatic heterocycles. The number of likely N-dealkylation sites (N-methyl/N-ethyl adjacent to an activating group) is 2. The van der Waals surface area contributed by atoms with Gasteiger partial charge in [-0.1, -0.05) is 0 Å². The molecule has 1 heterocycles. The molecule has 0 radical (unpaired) electrons. The Kier molecular flexibility index (Phi) is 3.80. The van der Waals surface area contributed by atoms with Crippen molar-refractivity contribution >= 4 is 11.8 Å². The van der Waals surface area contributed by atoms with Crippen LogP contribution in [0.5, 0.6) is 5.88 Å². The second kappa shape index (κ2) is 5.21. The molecule has 6 heteroatoms. The van der Waals surface area contributed by atoms with Crippen LogP contribution in [0.1, 0.15) is 19.3 Å². The fourth-order valence-corrected chi connectivity index (χ4v) is 2.58. The van der Waals surface area contributed by atoms with Gasteiger partial charge in [-0.25, -0.2) is 0 Å². The van der Waals surface area contributed by atoms with Crippen molar-refractivity contribution in [3.8, 4) is 5.88 Å². The van der Waals surface area contributed by atoms with Crippen molar-refractivity contribution in [1.29, 1.82) is 0 Å². The normalized spacial score (nSPS) is 17.1. The zero-order valence-electron chi connectivity index (χ0n) is 12.2. The van der Waals surface area contributed by atoms with Crippen LogP contribution in [0.25, 0.3) is 0 Å². The minimum atomic E-state index is 0.244. The molecule has 1 fully saturated rings. The number of ether oxygens (including phenoxy) is 1. The van der Waals surface area contributed by atoms with E-state index in [2.05, 4.69) is 33.9 Å². The van der Waals surface area contributed by atoms with Crippen molar-refractivity contribution < 1.29 is 4.74 Å². The van der Waals surface area contributed by atoms with Gasteiger partial charge in [0.05, 0.1) is 7.11 Å². The van der Waals surface area contributed by atoms with Crippen molar-refractivity contribution in [2.24, 2.45) is 0 Å². The molecule has 1 aliphatic rings. The van der Waals surface area contributed by atoms with E-state index in [1.165, 1.54) is 19.3 Å². The van der Waals surface area contributed by atoms with Crippen LogP contribution in [-0.4, -0.2) is 55.2 Å². The monoisotopic (exact) mass is 265 g/mol. The minimum Gasteiger partial charge on any atom is -0.481 e. The number of hydrogen-bond donors (Lipinski definition) is 1. The largest absolute Gasteiger partial charge is 0.481 e. The maximum absolute atomic E-state index is 5.70. The lowest BCUT2D eigenvalue weighted by molar-refractivity contribution is 0.0681. The predicted molar refractivity (Wildman–Crippen MR) is 76.5 cm³/mol. The molecule has 2 rings (SSSR count). The summed E-state index contributed by atoms with van der Waals surface area (Å²) < 4.78 is 5.14. The summed E-state index contributed by atoms with van der Waals surface area (Å²) in [6, 6.07) is 1.82. The van der Waals surface area contributed by atoms with E-state index in [0.717, 1.165) is 12.4 Å². The van der Waals surface area contributed by atoms with E-state index in [9.17, 15) is 0 Å². The van der Waals surface area contributed by atoms with E-state index >= 15 is 0 Å². The molecule has 1 saturated carbocycles. The average molecular weight is 265 g/mol. The number of anilines is 2. The third kappa shape index (κ3) is 2.73. The van der Waals surface area contributed by atoms with Gasteiger partial charge >= 0.3 is 0 Å². The molecular weight excluding hydrogens is 242 g/mol. The fraction of sp³-hybridized carbons (Fsp3) is 0.692. The van der Waals surface area contributed by atoms with Crippen molar-refractivity contribution in [3.63, 3.8) is 0 Å². The first kappa shape index (κ1) is 13.9. The lowest BCUT2D eigenvalue weighted by Gasteiger charge is -2.49. The molecule has 0 spiro atoms. The Hall–Kier alpha value is -1.56. The predicted octanol–water partition coefficient (Wildman–Crippen LogP) is 0.988. The summed E-state index contributed by atoms with van der Waals surface area (Å²) >= 11 is 0. The summed E-state index contributed by atoms with van der Waals surface area (Å²) in [5.74, 6) is 1.55. The summed E-state index contributed by atoms with van der Waals surface area (Å²) in [7, 11) is 7.90. The highest BCUT2D eigenvalue weighted by atomic mass is 16.5. The van der Waals surface area contributed by atoms with E-state index in [0.29, 0.717) is 5.88 Å². The molecule has 0 aromatic carbocycles. The molecule has 6 nitrogen and oxygen atoms in total. The van der Waals surface area contributed by atoms with Crippen molar-refractivity contribution in [2.75, 3.05) is 45.4 Å². The highest BCUT2D eigenvalue weighted by molar-refractivity contribution is 5.45. The molecular formula is C13H23N5O. The SMILES string of the molecule is COc1cc(N(C)CC2(N(C)C)CCC2)nc(N)n1. The Morgan fingerprint density at radius 3 is 2.47 bits per heavy atom. The molecule has 1 aliphatic carbocycles. The second-order valence-electron chi connectivity index (χ2n) is 5.46. The van der Waals surface area contributed by atoms with E-state index < -0.39 is 0 Å². The van der Waals surface area contributed by atoms with E-state index in [-0.39, 0.29) is 11.5 Å². The molecule has 0 amide bonds. The van der Waals surface area contributed by atoms with Gasteiger partial charge in [0.15, 0.2) is 0 Å². The van der Waals surface area contributed by atoms with E-state index in [1.54, 1.807) is 7.11 Å². The number of hydrogen-bond acceptors (Lipinski definition) is 6. The van der Waals surface area contributed by atoms with Crippen molar-refractivity contribution in [2.45, 2.75) is 24.8 Å². The van der Waals surface area contributed by atoms with Gasteiger partial charge in [0.2, 0.25) is 11.8 Å². The maximum Gasteiger partial charge on any atom is 0.225 e. The van der Waals surface area contributed by atoms with Crippen LogP contribution in [0.2, 0.25) is 0 Å². The molecule has 0 bridgehead atoms. The number of rotatable bonds is 5. The van der Waals surface area contributed by atoms with Crippen LogP contribution >= 0.6 is 0 Å². The standard InChI is InChI=1S/C13H23N5O/c1-17(2)13(6-5-7-13)9-18(3)10-8-11(19-4)16-12(14)15-10/h8H,5-7,9H2,1-4H3,(H2,14,15,16). The van der Waals surface area contributed by atoms with Gasteiger partial charge in [-0.3, -0.25) is 0 Å². The number of methoxy groups -OCH3 is 1. The van der Waals surface area contributed by atoms with Crippen LogP contribution < -0.4 is 15.4 Å². The van der Waals surface area contributed by atoms with Gasteiger partial charge in [0.25, 0.3) is 0 Å². The second-order valence-corrected chi connectivity index (χ2v) is 5.46. The van der Waals surface area contributed by atoms with Gasteiger partial charge in [0.1, 0.15) is 5.82 Å². The van der Waals surface area contributed by atoms with Crippen LogP contribution in [-0.2, 0) is 0 Å². The summed E-state index contributed by atoms with van der Waals surface area (Å²) in [6.07, 6.45) is 3.74. The van der Waals surface area contributed by atoms with Gasteiger partial charge in [-0.05, 0) is 33.4 Å². The minimum absolute atomic E-state index is 0.244. The van der Waals surface area contributed by atoms with Crippen LogP contribution in [0.4, 0.5) is 11.8 Å². The van der Waals surface area contributed by atoms with Crippen LogP contribution in [0.15, 0.2) is 6.07 Å². The number of nitrogens with zero attached hydrogens (tertiary/aromatic N) is 4. The van der Waals surface area contributed by atoms with Gasteiger partial charge in [-0.2, -0.15) is 9.97 Å². The molecule has 0 atom stereocenters. The average Bonchev–Trinajstić information content (AvgIpc) is 2.32. The first-order chi connectivity index (χ1) is 8.97. The third-order valence-electron chi connectivity index (χ3n) is 4.07. The quantitative estimate of drug-likeness (QED) is 0.856. The van der Waals surface area contributed by atoms with Gasteiger partial charge in [-0.15, -0.1) is 0 Å². The molecule has 0 unspecified atom stereocenters. The Morgan fingerprint density at radius 1 is 1.32 bits per heavy atom. The molecule has 0 aliphatic heterocycles. The molecule has 19 heavy (non-hydrogen) atoms. The summed E-state index contributed by atoms with van der Waals surface area (Å²) in [4.78, 5) is 12.7. The molecule has 0 saturated heterocycles. The number of nitrogen functional groups attached to an aromatic ring is 1. The lowest BCUT2D eigenvalue weighted by Crippen LogP contribution is -2.56. The summed E-state index contributed by atoms with van der Waals surface area (Å²) in [5.41, 5.74) is 5.96. The Morgan fingerprint density at radius 2 is 2.00 bits per heavy atom. The van der Waals surface area contributed by atoms with Crippen molar-refractivity contribution in [1.82, 2.24) is 14.9 Å². The van der Waals surface area contributed by atoms with Crippen LogP contribution in [0.3, 0.4) is 0 Å². The molecule has 1 aromatic rings. The van der Waals surface area contributed by atoms with Gasteiger partial charge < -0.3 is 20.3 Å². The summed E-state index contributed by atoms with van der Waals surface area (Å²) in [6.45, 7) is 0.930. The third-order valence-corrected chi connectivity index (χ3v) is 4.07. The Bertz CT molecular complexity index is 445. The topological polar surface area (TPSA) is 67.5 Å². The zero-order valence-corrected chi connectivity index (χ0v) is 12.2. The lowest BCUT2D eigenvalue weighted by atomic mass is 9.75. The maximum atomic E-state index is 5.70. The van der Waals surface area contributed by atoms with Gasteiger partial charge in [0, 0.05) is 25.2 Å². The number of aromatic nitrogens is 2. The molecule has 2 N–H and O–H groups in total. The Labute approximate surface area is 114 Å². The zero-order chi connectivity index (χ0) is 14.0. The highest BCUT2D eigenvalue weighted by Crippen LogP contribution is 2.37. The highest BCUT2D eigenvalue weighted by Gasteiger charge is 2.40. The summed E-state index contributed by atoms with van der Waals surface area (Å²) in [5, 5.41) is 0. The first-order valence-electron chi connectivity index (χ1n) is 6.54. The van der Waals surface area contributed by atoms with Crippen LogP contribution in [0, 0.1) is 0 Å². The molecule has 106 valence electrons. The van der Waals surface area contributed by atoms with E-state index in [4.69, 9.17) is 10.5 Å². The smallest absolute Gasteiger partial charge is 0.225 e. The van der Waals surface area contributed by atoms with E-state index in [1.807, 2.05) is 13.1 Å².